The summed E-state index contributed by atoms with van der Waals surface area (Å²) in [4.78, 5) is 16.6. The average molecular weight is 277 g/mol. The largest absolute Gasteiger partial charge is 0.508 e. The monoisotopic (exact) mass is 277 g/mol. The van der Waals surface area contributed by atoms with Crippen LogP contribution in [0.2, 0.25) is 0 Å². The maximum atomic E-state index is 12.4. The molecule has 1 aliphatic heterocycles. The van der Waals surface area contributed by atoms with Gasteiger partial charge in [0.15, 0.2) is 0 Å². The van der Waals surface area contributed by atoms with E-state index in [4.69, 9.17) is 5.73 Å². The van der Waals surface area contributed by atoms with E-state index in [0.29, 0.717) is 12.1 Å². The summed E-state index contributed by atoms with van der Waals surface area (Å²) < 4.78 is 0. The number of carbonyl (C=O) groups excluding carboxylic acids is 1. The van der Waals surface area contributed by atoms with Crippen LogP contribution in [0.5, 0.6) is 5.75 Å². The van der Waals surface area contributed by atoms with Gasteiger partial charge in [0.25, 0.3) is 5.91 Å². The molecule has 0 unspecified atom stereocenters. The first kappa shape index (κ1) is 14.8. The lowest BCUT2D eigenvalue weighted by Gasteiger charge is -2.22. The van der Waals surface area contributed by atoms with Gasteiger partial charge in [-0.25, -0.2) is 0 Å². The second kappa shape index (κ2) is 7.26. The number of phenolic OH excluding ortho intramolecular Hbond substituents is 1. The summed E-state index contributed by atoms with van der Waals surface area (Å²) in [6.45, 7) is 5.13. The highest BCUT2D eigenvalue weighted by Crippen LogP contribution is 2.14. The van der Waals surface area contributed by atoms with E-state index >= 15 is 0 Å². The number of rotatable bonds is 4. The summed E-state index contributed by atoms with van der Waals surface area (Å²) in [5.41, 5.74) is 6.09. The number of aromatic hydroxyl groups is 1. The van der Waals surface area contributed by atoms with Gasteiger partial charge in [-0.05, 0) is 50.7 Å². The van der Waals surface area contributed by atoms with E-state index in [1.54, 1.807) is 18.2 Å². The third-order valence-electron chi connectivity index (χ3n) is 3.65. The number of hydrogen-bond donors (Lipinski definition) is 2. The Balaban J connectivity index is 1.94. The number of amides is 1. The fourth-order valence-corrected chi connectivity index (χ4v) is 2.53. The highest BCUT2D eigenvalue weighted by molar-refractivity contribution is 5.94. The summed E-state index contributed by atoms with van der Waals surface area (Å²) in [6, 6.07) is 6.56. The van der Waals surface area contributed by atoms with Gasteiger partial charge in [-0.1, -0.05) is 6.07 Å². The van der Waals surface area contributed by atoms with Crippen molar-refractivity contribution in [1.29, 1.82) is 0 Å². The van der Waals surface area contributed by atoms with E-state index in [-0.39, 0.29) is 11.7 Å². The highest BCUT2D eigenvalue weighted by atomic mass is 16.3. The lowest BCUT2D eigenvalue weighted by Crippen LogP contribution is -2.35. The van der Waals surface area contributed by atoms with Crippen LogP contribution >= 0.6 is 0 Å². The first-order valence-corrected chi connectivity index (χ1v) is 7.21. The smallest absolute Gasteiger partial charge is 0.254 e. The van der Waals surface area contributed by atoms with Gasteiger partial charge in [-0.15, -0.1) is 0 Å². The van der Waals surface area contributed by atoms with E-state index in [1.807, 2.05) is 4.90 Å². The molecule has 0 aromatic heterocycles. The molecule has 5 nitrogen and oxygen atoms in total. The van der Waals surface area contributed by atoms with Crippen LogP contribution in [0.4, 0.5) is 0 Å². The Morgan fingerprint density at radius 2 is 2.10 bits per heavy atom. The second-order valence-electron chi connectivity index (χ2n) is 5.18. The SMILES string of the molecule is NCCCN1CCCN(C(=O)c2cccc(O)c2)CC1. The van der Waals surface area contributed by atoms with Gasteiger partial charge in [0.2, 0.25) is 0 Å². The molecule has 5 heteroatoms. The van der Waals surface area contributed by atoms with Gasteiger partial charge < -0.3 is 20.6 Å². The van der Waals surface area contributed by atoms with Gasteiger partial charge in [-0.2, -0.15) is 0 Å². The standard InChI is InChI=1S/C15H23N3O2/c16-6-2-7-17-8-3-9-18(11-10-17)15(20)13-4-1-5-14(19)12-13/h1,4-5,12,19H,2-3,6-11,16H2. The molecule has 1 fully saturated rings. The van der Waals surface area contributed by atoms with Crippen LogP contribution < -0.4 is 5.73 Å². The van der Waals surface area contributed by atoms with Gasteiger partial charge in [0.05, 0.1) is 0 Å². The molecule has 0 saturated carbocycles. The highest BCUT2D eigenvalue weighted by Gasteiger charge is 2.20. The Bertz CT molecular complexity index is 450. The Morgan fingerprint density at radius 1 is 1.25 bits per heavy atom. The molecule has 0 aliphatic carbocycles. The Kier molecular flexibility index (Phi) is 5.38. The Hall–Kier alpha value is -1.59. The van der Waals surface area contributed by atoms with Crippen molar-refractivity contribution in [2.24, 2.45) is 5.73 Å². The minimum atomic E-state index is 0.00146. The predicted molar refractivity (Wildman–Crippen MR) is 78.7 cm³/mol. The van der Waals surface area contributed by atoms with Crippen molar-refractivity contribution in [1.82, 2.24) is 9.80 Å². The van der Waals surface area contributed by atoms with E-state index < -0.39 is 0 Å². The molecule has 2 rings (SSSR count). The summed E-state index contributed by atoms with van der Waals surface area (Å²) in [5, 5.41) is 9.46. The third-order valence-corrected chi connectivity index (χ3v) is 3.65. The molecule has 0 radical (unpaired) electrons. The van der Waals surface area contributed by atoms with Crippen LogP contribution in [0.3, 0.4) is 0 Å². The van der Waals surface area contributed by atoms with E-state index in [9.17, 15) is 9.90 Å². The van der Waals surface area contributed by atoms with Gasteiger partial charge in [0.1, 0.15) is 5.75 Å². The molecular weight excluding hydrogens is 254 g/mol. The molecule has 1 saturated heterocycles. The molecule has 1 heterocycles. The molecule has 0 spiro atoms. The summed E-state index contributed by atoms with van der Waals surface area (Å²) in [5.74, 6) is 0.136. The van der Waals surface area contributed by atoms with Crippen molar-refractivity contribution in [3.63, 3.8) is 0 Å². The first-order chi connectivity index (χ1) is 9.70. The van der Waals surface area contributed by atoms with E-state index in [0.717, 1.165) is 45.6 Å². The zero-order chi connectivity index (χ0) is 14.4. The number of hydrogen-bond acceptors (Lipinski definition) is 4. The zero-order valence-electron chi connectivity index (χ0n) is 11.8. The molecular formula is C15H23N3O2. The number of benzene rings is 1. The summed E-state index contributed by atoms with van der Waals surface area (Å²) >= 11 is 0. The fourth-order valence-electron chi connectivity index (χ4n) is 2.53. The maximum absolute atomic E-state index is 12.4. The lowest BCUT2D eigenvalue weighted by atomic mass is 10.2. The predicted octanol–water partition coefficient (Wildman–Crippen LogP) is 0.889. The maximum Gasteiger partial charge on any atom is 0.254 e. The molecule has 3 N–H and O–H groups in total. The van der Waals surface area contributed by atoms with Gasteiger partial charge in [0, 0.05) is 25.2 Å². The Labute approximate surface area is 120 Å². The van der Waals surface area contributed by atoms with Crippen LogP contribution in [0.1, 0.15) is 23.2 Å². The minimum Gasteiger partial charge on any atom is -0.508 e. The molecule has 110 valence electrons. The Morgan fingerprint density at radius 3 is 2.85 bits per heavy atom. The zero-order valence-corrected chi connectivity index (χ0v) is 11.8. The second-order valence-corrected chi connectivity index (χ2v) is 5.18. The summed E-state index contributed by atoms with van der Waals surface area (Å²) in [7, 11) is 0. The number of carbonyl (C=O) groups is 1. The number of phenols is 1. The average Bonchev–Trinajstić information content (AvgIpc) is 2.70. The van der Waals surface area contributed by atoms with Gasteiger partial charge in [-0.3, -0.25) is 4.79 Å². The van der Waals surface area contributed by atoms with Crippen LogP contribution in [0.25, 0.3) is 0 Å². The van der Waals surface area contributed by atoms with Crippen LogP contribution in [0, 0.1) is 0 Å². The minimum absolute atomic E-state index is 0.00146. The molecule has 1 aromatic rings. The van der Waals surface area contributed by atoms with E-state index in [1.165, 1.54) is 6.07 Å². The topological polar surface area (TPSA) is 69.8 Å². The summed E-state index contributed by atoms with van der Waals surface area (Å²) in [6.07, 6.45) is 1.98. The number of nitrogens with zero attached hydrogens (tertiary/aromatic N) is 2. The molecule has 0 bridgehead atoms. The normalized spacial score (nSPS) is 16.9. The van der Waals surface area contributed by atoms with Crippen LogP contribution in [-0.2, 0) is 0 Å². The third kappa shape index (κ3) is 3.95. The molecule has 1 aromatic carbocycles. The van der Waals surface area contributed by atoms with Crippen molar-refractivity contribution >= 4 is 5.91 Å². The molecule has 20 heavy (non-hydrogen) atoms. The van der Waals surface area contributed by atoms with Crippen molar-refractivity contribution in [2.45, 2.75) is 12.8 Å². The fraction of sp³-hybridized carbons (Fsp3) is 0.533. The van der Waals surface area contributed by atoms with Crippen LogP contribution in [-0.4, -0.2) is 60.1 Å². The van der Waals surface area contributed by atoms with Gasteiger partial charge >= 0.3 is 0 Å². The lowest BCUT2D eigenvalue weighted by molar-refractivity contribution is 0.0761. The molecule has 1 aliphatic rings. The molecule has 1 amide bonds. The van der Waals surface area contributed by atoms with Crippen molar-refractivity contribution in [3.8, 4) is 5.75 Å². The van der Waals surface area contributed by atoms with Crippen molar-refractivity contribution in [2.75, 3.05) is 39.3 Å². The number of nitrogens with two attached hydrogens (primary N) is 1. The quantitative estimate of drug-likeness (QED) is 0.857. The van der Waals surface area contributed by atoms with Crippen molar-refractivity contribution in [3.05, 3.63) is 29.8 Å². The van der Waals surface area contributed by atoms with Crippen molar-refractivity contribution < 1.29 is 9.90 Å². The molecule has 0 atom stereocenters. The van der Waals surface area contributed by atoms with E-state index in [2.05, 4.69) is 4.90 Å². The van der Waals surface area contributed by atoms with Crippen LogP contribution in [0.15, 0.2) is 24.3 Å². The first-order valence-electron chi connectivity index (χ1n) is 7.21.